The number of alkyl halides is 1. The van der Waals surface area contributed by atoms with Crippen molar-refractivity contribution in [3.05, 3.63) is 52.0 Å². The number of hydrogen-bond donors (Lipinski definition) is 0. The van der Waals surface area contributed by atoms with Crippen molar-refractivity contribution in [2.45, 2.75) is 17.9 Å². The largest absolute Gasteiger partial charge is 0.497 e. The van der Waals surface area contributed by atoms with Crippen LogP contribution in [0.4, 0.5) is 0 Å². The van der Waals surface area contributed by atoms with Crippen LogP contribution >= 0.6 is 31.9 Å². The predicted octanol–water partition coefficient (Wildman–Crippen LogP) is 4.87. The smallest absolute Gasteiger partial charge is 0.338 e. The van der Waals surface area contributed by atoms with E-state index >= 15 is 0 Å². The Morgan fingerprint density at radius 3 is 2.40 bits per heavy atom. The summed E-state index contributed by atoms with van der Waals surface area (Å²) in [5, 5.41) is 0. The first-order chi connectivity index (χ1) is 12.0. The second kappa shape index (κ2) is 7.66. The van der Waals surface area contributed by atoms with Crippen LogP contribution in [0.25, 0.3) is 0 Å². The van der Waals surface area contributed by atoms with Crippen molar-refractivity contribution < 1.29 is 23.7 Å². The molecule has 0 aromatic heterocycles. The molecule has 1 aliphatic heterocycles. The summed E-state index contributed by atoms with van der Waals surface area (Å²) in [6.07, 6.45) is -0.501. The van der Waals surface area contributed by atoms with Gasteiger partial charge < -0.3 is 18.9 Å². The van der Waals surface area contributed by atoms with E-state index in [1.165, 1.54) is 0 Å². The molecule has 2 aromatic rings. The van der Waals surface area contributed by atoms with E-state index in [2.05, 4.69) is 31.9 Å². The molecule has 2 atom stereocenters. The van der Waals surface area contributed by atoms with Crippen LogP contribution in [-0.4, -0.2) is 24.7 Å². The highest BCUT2D eigenvalue weighted by atomic mass is 79.9. The van der Waals surface area contributed by atoms with Crippen molar-refractivity contribution >= 4 is 37.8 Å². The topological polar surface area (TPSA) is 54.0 Å². The van der Waals surface area contributed by atoms with Gasteiger partial charge in [-0.1, -0.05) is 31.9 Å². The summed E-state index contributed by atoms with van der Waals surface area (Å²) in [7, 11) is 1.58. The summed E-state index contributed by atoms with van der Waals surface area (Å²) < 4.78 is 22.4. The van der Waals surface area contributed by atoms with E-state index in [9.17, 15) is 4.79 Å². The van der Waals surface area contributed by atoms with Crippen molar-refractivity contribution in [1.29, 1.82) is 0 Å². The van der Waals surface area contributed by atoms with Crippen LogP contribution < -0.4 is 14.2 Å². The molecule has 132 valence electrons. The zero-order valence-corrected chi connectivity index (χ0v) is 16.8. The molecular weight excluding hydrogens is 456 g/mol. The number of halogens is 2. The summed E-state index contributed by atoms with van der Waals surface area (Å²) >= 11 is 7.05. The third kappa shape index (κ3) is 3.93. The van der Waals surface area contributed by atoms with Crippen molar-refractivity contribution in [1.82, 2.24) is 0 Å². The molecule has 1 heterocycles. The Morgan fingerprint density at radius 2 is 1.80 bits per heavy atom. The second-order valence-corrected chi connectivity index (χ2v) is 7.76. The minimum Gasteiger partial charge on any atom is -0.497 e. The quantitative estimate of drug-likeness (QED) is 0.460. The maximum absolute atomic E-state index is 12.5. The fourth-order valence-corrected chi connectivity index (χ4v) is 3.41. The number of fused-ring (bicyclic) bond motifs is 1. The van der Waals surface area contributed by atoms with Crippen LogP contribution in [-0.2, 0) is 4.74 Å². The molecule has 0 radical (unpaired) electrons. The Labute approximate surface area is 162 Å². The fraction of sp³-hybridized carbons (Fsp3) is 0.278. The van der Waals surface area contributed by atoms with Gasteiger partial charge in [0.05, 0.1) is 17.5 Å². The van der Waals surface area contributed by atoms with Gasteiger partial charge in [0.15, 0.2) is 11.5 Å². The second-order valence-electron chi connectivity index (χ2n) is 5.46. The monoisotopic (exact) mass is 470 g/mol. The third-order valence-corrected chi connectivity index (χ3v) is 4.94. The Balaban J connectivity index is 1.85. The number of ether oxygens (including phenoxy) is 4. The Bertz CT molecular complexity index is 774. The summed E-state index contributed by atoms with van der Waals surface area (Å²) in [4.78, 5) is 12.4. The molecule has 0 saturated heterocycles. The number of benzene rings is 2. The molecule has 7 heteroatoms. The molecule has 0 bridgehead atoms. The third-order valence-electron chi connectivity index (χ3n) is 3.78. The number of hydrogen-bond acceptors (Lipinski definition) is 5. The first-order valence-corrected chi connectivity index (χ1v) is 9.28. The van der Waals surface area contributed by atoms with E-state index in [-0.39, 0.29) is 11.6 Å². The lowest BCUT2D eigenvalue weighted by molar-refractivity contribution is 0.0302. The fourth-order valence-electron chi connectivity index (χ4n) is 2.47. The summed E-state index contributed by atoms with van der Waals surface area (Å²) in [6.45, 7) is 2.11. The molecule has 25 heavy (non-hydrogen) atoms. The van der Waals surface area contributed by atoms with Gasteiger partial charge in [-0.15, -0.1) is 0 Å². The van der Waals surface area contributed by atoms with Crippen LogP contribution in [0.15, 0.2) is 40.9 Å². The molecule has 0 amide bonds. The highest BCUT2D eigenvalue weighted by Crippen LogP contribution is 2.41. The van der Waals surface area contributed by atoms with Gasteiger partial charge in [-0.2, -0.15) is 0 Å². The predicted molar refractivity (Wildman–Crippen MR) is 99.8 cm³/mol. The first-order valence-electron chi connectivity index (χ1n) is 7.57. The Morgan fingerprint density at radius 1 is 1.16 bits per heavy atom. The Kier molecular flexibility index (Phi) is 5.54. The molecule has 0 unspecified atom stereocenters. The molecule has 2 aromatic carbocycles. The maximum atomic E-state index is 12.5. The average Bonchev–Trinajstić information content (AvgIpc) is 3.06. The van der Waals surface area contributed by atoms with Crippen LogP contribution in [0.3, 0.4) is 0 Å². The zero-order valence-electron chi connectivity index (χ0n) is 13.6. The molecule has 5 nitrogen and oxygen atoms in total. The summed E-state index contributed by atoms with van der Waals surface area (Å²) in [5.74, 6) is 1.57. The lowest BCUT2D eigenvalue weighted by atomic mass is 10.1. The van der Waals surface area contributed by atoms with E-state index in [0.717, 1.165) is 10.0 Å². The zero-order chi connectivity index (χ0) is 18.0. The van der Waals surface area contributed by atoms with E-state index in [1.54, 1.807) is 31.4 Å². The minimum atomic E-state index is -0.501. The Hall–Kier alpha value is -1.73. The van der Waals surface area contributed by atoms with E-state index in [4.69, 9.17) is 18.9 Å². The lowest BCUT2D eigenvalue weighted by Gasteiger charge is -2.22. The molecule has 0 saturated carbocycles. The molecule has 0 aliphatic carbocycles. The van der Waals surface area contributed by atoms with Gasteiger partial charge in [0, 0.05) is 10.0 Å². The van der Waals surface area contributed by atoms with Gasteiger partial charge in [0.1, 0.15) is 11.9 Å². The SMILES string of the molecule is COc1ccc(C(=O)O[C@H](c2cc3c(cc2Br)OCO3)[C@H](C)Br)cc1. The summed E-state index contributed by atoms with van der Waals surface area (Å²) in [5.41, 5.74) is 1.26. The number of esters is 1. The van der Waals surface area contributed by atoms with Crippen molar-refractivity contribution in [3.63, 3.8) is 0 Å². The number of rotatable bonds is 5. The van der Waals surface area contributed by atoms with Gasteiger partial charge >= 0.3 is 5.97 Å². The number of carbonyl (C=O) groups excluding carboxylic acids is 1. The molecule has 0 fully saturated rings. The van der Waals surface area contributed by atoms with Gasteiger partial charge in [-0.3, -0.25) is 0 Å². The maximum Gasteiger partial charge on any atom is 0.338 e. The lowest BCUT2D eigenvalue weighted by Crippen LogP contribution is -2.18. The van der Waals surface area contributed by atoms with Crippen LogP contribution in [0.2, 0.25) is 0 Å². The minimum absolute atomic E-state index is 0.105. The van der Waals surface area contributed by atoms with Gasteiger partial charge in [-0.25, -0.2) is 4.79 Å². The van der Waals surface area contributed by atoms with E-state index < -0.39 is 12.1 Å². The van der Waals surface area contributed by atoms with E-state index in [0.29, 0.717) is 22.8 Å². The average molecular weight is 472 g/mol. The molecule has 0 N–H and O–H groups in total. The highest BCUT2D eigenvalue weighted by molar-refractivity contribution is 9.10. The van der Waals surface area contributed by atoms with Crippen LogP contribution in [0, 0.1) is 0 Å². The number of carbonyl (C=O) groups is 1. The number of methoxy groups -OCH3 is 1. The molecular formula is C18H16Br2O5. The first kappa shape index (κ1) is 18.1. The molecule has 1 aliphatic rings. The molecule has 0 spiro atoms. The highest BCUT2D eigenvalue weighted by Gasteiger charge is 2.27. The van der Waals surface area contributed by atoms with Crippen LogP contribution in [0.1, 0.15) is 28.9 Å². The van der Waals surface area contributed by atoms with Crippen molar-refractivity contribution in [2.24, 2.45) is 0 Å². The van der Waals surface area contributed by atoms with Crippen molar-refractivity contribution in [3.8, 4) is 17.2 Å². The standard InChI is InChI=1S/C18H16Br2O5/c1-10(19)17(13-7-15-16(8-14(13)20)24-9-23-15)25-18(21)11-3-5-12(22-2)6-4-11/h3-8,10,17H,9H2,1-2H3/t10-,17-/m0/s1. The summed E-state index contributed by atoms with van der Waals surface area (Å²) in [6, 6.07) is 10.4. The van der Waals surface area contributed by atoms with Gasteiger partial charge in [0.25, 0.3) is 0 Å². The normalized spacial score (nSPS) is 14.7. The van der Waals surface area contributed by atoms with Gasteiger partial charge in [-0.05, 0) is 43.3 Å². The van der Waals surface area contributed by atoms with Crippen molar-refractivity contribution in [2.75, 3.05) is 13.9 Å². The van der Waals surface area contributed by atoms with E-state index in [1.807, 2.05) is 19.1 Å². The van der Waals surface area contributed by atoms with Crippen LogP contribution in [0.5, 0.6) is 17.2 Å². The van der Waals surface area contributed by atoms with Gasteiger partial charge in [0.2, 0.25) is 6.79 Å². The molecule has 3 rings (SSSR count).